The number of carbonyl (C=O) groups excluding carboxylic acids is 1. The monoisotopic (exact) mass is 385 g/mol. The van der Waals surface area contributed by atoms with Gasteiger partial charge in [-0.05, 0) is 44.2 Å². The zero-order valence-corrected chi connectivity index (χ0v) is 16.1. The molecule has 3 aliphatic rings. The number of hydrogen-bond donors (Lipinski definition) is 1. The summed E-state index contributed by atoms with van der Waals surface area (Å²) in [6.07, 6.45) is 4.80. The van der Waals surface area contributed by atoms with Gasteiger partial charge in [0.2, 0.25) is 0 Å². The van der Waals surface area contributed by atoms with E-state index in [1.54, 1.807) is 0 Å². The number of urea groups is 1. The van der Waals surface area contributed by atoms with Crippen molar-refractivity contribution in [2.24, 2.45) is 0 Å². The highest BCUT2D eigenvalue weighted by Crippen LogP contribution is 2.28. The second-order valence-corrected chi connectivity index (χ2v) is 7.96. The largest absolute Gasteiger partial charge is 0.381 e. The van der Waals surface area contributed by atoms with Gasteiger partial charge in [-0.3, -0.25) is 0 Å². The smallest absolute Gasteiger partial charge is 0.317 e. The first-order valence-electron chi connectivity index (χ1n) is 10.4. The summed E-state index contributed by atoms with van der Waals surface area (Å²) in [6.45, 7) is 5.08. The number of anilines is 1. The van der Waals surface area contributed by atoms with Crippen molar-refractivity contribution >= 4 is 17.5 Å². The maximum Gasteiger partial charge on any atom is 0.317 e. The summed E-state index contributed by atoms with van der Waals surface area (Å²) >= 11 is 0. The topological polar surface area (TPSA) is 87.9 Å². The fraction of sp³-hybridized carbons (Fsp3) is 0.684. The average Bonchev–Trinajstić information content (AvgIpc) is 3.11. The Morgan fingerprint density at radius 1 is 1.04 bits per heavy atom. The van der Waals surface area contributed by atoms with Crippen LogP contribution in [0.15, 0.2) is 12.1 Å². The van der Waals surface area contributed by atoms with Gasteiger partial charge in [-0.1, -0.05) is 0 Å². The Bertz CT molecular complexity index is 836. The van der Waals surface area contributed by atoms with E-state index in [9.17, 15) is 4.79 Å². The van der Waals surface area contributed by atoms with Crippen LogP contribution in [0.4, 0.5) is 10.6 Å². The van der Waals surface area contributed by atoms with Gasteiger partial charge in [0.1, 0.15) is 5.82 Å². The van der Waals surface area contributed by atoms with Crippen LogP contribution < -0.4 is 10.2 Å². The number of aromatic nitrogens is 4. The SMILES string of the molecule is O=C(NC1CCOCC1)N1CCC(c2nnc3ccc(N4CCC4)nn23)CC1. The lowest BCUT2D eigenvalue weighted by molar-refractivity contribution is 0.0774. The van der Waals surface area contributed by atoms with Gasteiger partial charge < -0.3 is 19.9 Å². The van der Waals surface area contributed by atoms with Crippen LogP contribution in [0.3, 0.4) is 0 Å². The van der Waals surface area contributed by atoms with Crippen molar-refractivity contribution in [2.45, 2.75) is 44.1 Å². The number of nitrogens with zero attached hydrogens (tertiary/aromatic N) is 6. The molecular formula is C19H27N7O2. The first-order chi connectivity index (χ1) is 13.8. The molecule has 5 rings (SSSR count). The summed E-state index contributed by atoms with van der Waals surface area (Å²) in [5.74, 6) is 2.19. The quantitative estimate of drug-likeness (QED) is 0.859. The van der Waals surface area contributed by atoms with E-state index >= 15 is 0 Å². The number of nitrogens with one attached hydrogen (secondary N) is 1. The van der Waals surface area contributed by atoms with Gasteiger partial charge in [0.05, 0.1) is 0 Å². The number of rotatable bonds is 3. The predicted molar refractivity (Wildman–Crippen MR) is 104 cm³/mol. The molecular weight excluding hydrogens is 358 g/mol. The molecule has 2 amide bonds. The van der Waals surface area contributed by atoms with Gasteiger partial charge in [-0.25, -0.2) is 4.79 Å². The molecule has 28 heavy (non-hydrogen) atoms. The Morgan fingerprint density at radius 3 is 2.54 bits per heavy atom. The third kappa shape index (κ3) is 3.39. The maximum atomic E-state index is 12.6. The summed E-state index contributed by atoms with van der Waals surface area (Å²) in [4.78, 5) is 16.7. The lowest BCUT2D eigenvalue weighted by atomic mass is 9.96. The number of hydrogen-bond acceptors (Lipinski definition) is 6. The van der Waals surface area contributed by atoms with Crippen molar-refractivity contribution in [3.63, 3.8) is 0 Å². The van der Waals surface area contributed by atoms with E-state index in [4.69, 9.17) is 9.84 Å². The molecule has 0 aromatic carbocycles. The van der Waals surface area contributed by atoms with Crippen LogP contribution in [0.25, 0.3) is 5.65 Å². The van der Waals surface area contributed by atoms with E-state index < -0.39 is 0 Å². The van der Waals surface area contributed by atoms with Gasteiger partial charge >= 0.3 is 6.03 Å². The zero-order valence-electron chi connectivity index (χ0n) is 16.1. The minimum absolute atomic E-state index is 0.0506. The van der Waals surface area contributed by atoms with Crippen LogP contribution in [-0.4, -0.2) is 76.2 Å². The number of fused-ring (bicyclic) bond motifs is 1. The Kier molecular flexibility index (Phi) is 4.76. The number of piperidine rings is 1. The number of carbonyl (C=O) groups is 1. The van der Waals surface area contributed by atoms with E-state index in [2.05, 4.69) is 20.4 Å². The van der Waals surface area contributed by atoms with E-state index in [1.165, 1.54) is 6.42 Å². The molecule has 2 aromatic heterocycles. The predicted octanol–water partition coefficient (Wildman–Crippen LogP) is 1.40. The summed E-state index contributed by atoms with van der Waals surface area (Å²) in [5, 5.41) is 16.7. The molecule has 5 heterocycles. The molecule has 150 valence electrons. The molecule has 9 heteroatoms. The Balaban J connectivity index is 1.23. The van der Waals surface area contributed by atoms with Crippen LogP contribution in [0, 0.1) is 0 Å². The standard InChI is InChI=1S/C19H27N7O2/c27-19(20-15-6-12-28-13-7-15)25-10-4-14(5-11-25)18-22-21-16-2-3-17(23-26(16)18)24-8-1-9-24/h2-3,14-15H,1,4-13H2,(H,20,27). The fourth-order valence-electron chi connectivity index (χ4n) is 4.21. The van der Waals surface area contributed by atoms with Crippen molar-refractivity contribution in [1.29, 1.82) is 0 Å². The molecule has 0 atom stereocenters. The fourth-order valence-corrected chi connectivity index (χ4v) is 4.21. The summed E-state index contributed by atoms with van der Waals surface area (Å²) in [7, 11) is 0. The first kappa shape index (κ1) is 17.7. The van der Waals surface area contributed by atoms with Gasteiger partial charge in [0, 0.05) is 51.4 Å². The average molecular weight is 385 g/mol. The van der Waals surface area contributed by atoms with Gasteiger partial charge in [-0.2, -0.15) is 4.52 Å². The van der Waals surface area contributed by atoms with Crippen molar-refractivity contribution in [1.82, 2.24) is 30.0 Å². The van der Waals surface area contributed by atoms with Crippen molar-refractivity contribution in [3.05, 3.63) is 18.0 Å². The number of likely N-dealkylation sites (tertiary alicyclic amines) is 1. The Labute approximate surface area is 164 Å². The van der Waals surface area contributed by atoms with Crippen molar-refractivity contribution in [2.75, 3.05) is 44.3 Å². The van der Waals surface area contributed by atoms with E-state index in [0.29, 0.717) is 0 Å². The summed E-state index contributed by atoms with van der Waals surface area (Å²) < 4.78 is 7.26. The van der Waals surface area contributed by atoms with Gasteiger partial charge in [0.25, 0.3) is 0 Å². The first-order valence-corrected chi connectivity index (χ1v) is 10.4. The van der Waals surface area contributed by atoms with Crippen LogP contribution in [0.5, 0.6) is 0 Å². The van der Waals surface area contributed by atoms with Gasteiger partial charge in [-0.15, -0.1) is 15.3 Å². The van der Waals surface area contributed by atoms with Crippen LogP contribution >= 0.6 is 0 Å². The van der Waals surface area contributed by atoms with Crippen molar-refractivity contribution in [3.8, 4) is 0 Å². The molecule has 2 aromatic rings. The third-order valence-corrected chi connectivity index (χ3v) is 6.15. The minimum Gasteiger partial charge on any atom is -0.381 e. The summed E-state index contributed by atoms with van der Waals surface area (Å²) in [6, 6.07) is 4.31. The third-order valence-electron chi connectivity index (χ3n) is 6.15. The number of amides is 2. The summed E-state index contributed by atoms with van der Waals surface area (Å²) in [5.41, 5.74) is 0.791. The molecule has 0 aliphatic carbocycles. The van der Waals surface area contributed by atoms with E-state index in [0.717, 1.165) is 82.4 Å². The second-order valence-electron chi connectivity index (χ2n) is 7.96. The second kappa shape index (κ2) is 7.54. The molecule has 3 fully saturated rings. The lowest BCUT2D eigenvalue weighted by Crippen LogP contribution is -2.49. The maximum absolute atomic E-state index is 12.6. The molecule has 1 N–H and O–H groups in total. The van der Waals surface area contributed by atoms with Crippen LogP contribution in [0.1, 0.15) is 43.8 Å². The molecule has 9 nitrogen and oxygen atoms in total. The van der Waals surface area contributed by atoms with Crippen molar-refractivity contribution < 1.29 is 9.53 Å². The van der Waals surface area contributed by atoms with Crippen LogP contribution in [-0.2, 0) is 4.74 Å². The Hall–Kier alpha value is -2.42. The normalized spacial score (nSPS) is 21.7. The molecule has 3 aliphatic heterocycles. The molecule has 0 bridgehead atoms. The molecule has 3 saturated heterocycles. The zero-order chi connectivity index (χ0) is 18.9. The van der Waals surface area contributed by atoms with Gasteiger partial charge in [0.15, 0.2) is 11.5 Å². The lowest BCUT2D eigenvalue weighted by Gasteiger charge is -2.33. The molecule has 0 spiro atoms. The highest BCUT2D eigenvalue weighted by molar-refractivity contribution is 5.74. The highest BCUT2D eigenvalue weighted by atomic mass is 16.5. The highest BCUT2D eigenvalue weighted by Gasteiger charge is 2.29. The van der Waals surface area contributed by atoms with E-state index in [1.807, 2.05) is 21.5 Å². The molecule has 0 saturated carbocycles. The number of ether oxygens (including phenoxy) is 1. The minimum atomic E-state index is 0.0506. The van der Waals surface area contributed by atoms with Crippen LogP contribution in [0.2, 0.25) is 0 Å². The molecule has 0 radical (unpaired) electrons. The van der Waals surface area contributed by atoms with E-state index in [-0.39, 0.29) is 18.0 Å². The Morgan fingerprint density at radius 2 is 1.82 bits per heavy atom. The molecule has 0 unspecified atom stereocenters.